The summed E-state index contributed by atoms with van der Waals surface area (Å²) in [5.41, 5.74) is 0. The van der Waals surface area contributed by atoms with Crippen molar-refractivity contribution in [3.05, 3.63) is 0 Å². The van der Waals surface area contributed by atoms with E-state index in [1.807, 2.05) is 0 Å². The van der Waals surface area contributed by atoms with Gasteiger partial charge in [0.2, 0.25) is 0 Å². The minimum Gasteiger partial charge on any atom is -0.315 e. The second-order valence-electron chi connectivity index (χ2n) is 4.95. The lowest BCUT2D eigenvalue weighted by Crippen LogP contribution is -2.42. The molecule has 0 bridgehead atoms. The zero-order chi connectivity index (χ0) is 11.1. The minimum atomic E-state index is 0.652. The monoisotopic (exact) mass is 200 g/mol. The molecule has 2 unspecified atom stereocenters. The van der Waals surface area contributed by atoms with E-state index in [1.165, 1.54) is 6.42 Å². The van der Waals surface area contributed by atoms with E-state index < -0.39 is 0 Å². The van der Waals surface area contributed by atoms with Crippen molar-refractivity contribution in [2.75, 3.05) is 27.2 Å². The molecule has 1 N–H and O–H groups in total. The van der Waals surface area contributed by atoms with Crippen molar-refractivity contribution in [2.24, 2.45) is 11.8 Å². The third-order valence-corrected chi connectivity index (χ3v) is 2.98. The van der Waals surface area contributed by atoms with Gasteiger partial charge in [-0.15, -0.1) is 0 Å². The third-order valence-electron chi connectivity index (χ3n) is 2.98. The predicted octanol–water partition coefficient (Wildman–Crippen LogP) is 2.21. The van der Waals surface area contributed by atoms with Crippen molar-refractivity contribution in [2.45, 2.75) is 40.2 Å². The summed E-state index contributed by atoms with van der Waals surface area (Å²) in [6.45, 7) is 11.4. The van der Waals surface area contributed by atoms with E-state index >= 15 is 0 Å². The number of nitrogens with one attached hydrogen (secondary N) is 1. The number of likely N-dealkylation sites (N-methyl/N-ethyl adjacent to an activating group) is 1. The topological polar surface area (TPSA) is 15.3 Å². The molecule has 0 radical (unpaired) electrons. The first-order valence-corrected chi connectivity index (χ1v) is 5.86. The zero-order valence-corrected chi connectivity index (χ0v) is 10.8. The molecule has 0 aliphatic heterocycles. The Morgan fingerprint density at radius 3 is 2.00 bits per heavy atom. The predicted molar refractivity (Wildman–Crippen MR) is 64.6 cm³/mol. The summed E-state index contributed by atoms with van der Waals surface area (Å²) in [5, 5.41) is 3.56. The summed E-state index contributed by atoms with van der Waals surface area (Å²) in [5.74, 6) is 1.51. The van der Waals surface area contributed by atoms with Crippen LogP contribution in [0, 0.1) is 11.8 Å². The molecule has 14 heavy (non-hydrogen) atoms. The standard InChI is InChI=1S/C12H28N2/c1-7-11(4)8-13-9-12(10(2)3)14(5)6/h10-13H,7-9H2,1-6H3. The van der Waals surface area contributed by atoms with Crippen molar-refractivity contribution < 1.29 is 0 Å². The molecule has 0 spiro atoms. The Balaban J connectivity index is 3.72. The van der Waals surface area contributed by atoms with E-state index in [0.717, 1.165) is 24.9 Å². The Morgan fingerprint density at radius 2 is 1.64 bits per heavy atom. The van der Waals surface area contributed by atoms with Crippen molar-refractivity contribution in [3.8, 4) is 0 Å². The lowest BCUT2D eigenvalue weighted by atomic mass is 10.0. The molecule has 2 heteroatoms. The highest BCUT2D eigenvalue weighted by Gasteiger charge is 2.14. The Morgan fingerprint density at radius 1 is 1.07 bits per heavy atom. The van der Waals surface area contributed by atoms with Gasteiger partial charge in [-0.2, -0.15) is 0 Å². The van der Waals surface area contributed by atoms with E-state index in [0.29, 0.717) is 6.04 Å². The maximum absolute atomic E-state index is 3.56. The van der Waals surface area contributed by atoms with Crippen LogP contribution in [0.3, 0.4) is 0 Å². The average Bonchev–Trinajstić information content (AvgIpc) is 2.10. The highest BCUT2D eigenvalue weighted by Crippen LogP contribution is 2.06. The molecule has 0 heterocycles. The molecule has 86 valence electrons. The van der Waals surface area contributed by atoms with Crippen LogP contribution in [0.1, 0.15) is 34.1 Å². The molecule has 2 atom stereocenters. The van der Waals surface area contributed by atoms with Gasteiger partial charge in [0, 0.05) is 12.6 Å². The lowest BCUT2D eigenvalue weighted by molar-refractivity contribution is 0.222. The van der Waals surface area contributed by atoms with E-state index in [-0.39, 0.29) is 0 Å². The molecular weight excluding hydrogens is 172 g/mol. The van der Waals surface area contributed by atoms with Crippen LogP contribution in [0.2, 0.25) is 0 Å². The number of hydrogen-bond donors (Lipinski definition) is 1. The number of nitrogens with zero attached hydrogens (tertiary/aromatic N) is 1. The van der Waals surface area contributed by atoms with Crippen LogP contribution in [0.25, 0.3) is 0 Å². The maximum atomic E-state index is 3.56. The van der Waals surface area contributed by atoms with Gasteiger partial charge in [0.1, 0.15) is 0 Å². The Labute approximate surface area is 90.1 Å². The van der Waals surface area contributed by atoms with Crippen LogP contribution in [0.5, 0.6) is 0 Å². The highest BCUT2D eigenvalue weighted by molar-refractivity contribution is 4.73. The van der Waals surface area contributed by atoms with E-state index in [9.17, 15) is 0 Å². The Kier molecular flexibility index (Phi) is 7.20. The second-order valence-corrected chi connectivity index (χ2v) is 4.95. The summed E-state index contributed by atoms with van der Waals surface area (Å²) in [6, 6.07) is 0.652. The molecule has 0 saturated carbocycles. The summed E-state index contributed by atoms with van der Waals surface area (Å²) >= 11 is 0. The van der Waals surface area contributed by atoms with E-state index in [4.69, 9.17) is 0 Å². The summed E-state index contributed by atoms with van der Waals surface area (Å²) in [7, 11) is 4.32. The third kappa shape index (κ3) is 5.61. The van der Waals surface area contributed by atoms with Crippen LogP contribution in [0.4, 0.5) is 0 Å². The van der Waals surface area contributed by atoms with Crippen molar-refractivity contribution in [1.29, 1.82) is 0 Å². The fourth-order valence-corrected chi connectivity index (χ4v) is 1.64. The Hall–Kier alpha value is -0.0800. The van der Waals surface area contributed by atoms with Gasteiger partial charge in [0.25, 0.3) is 0 Å². The van der Waals surface area contributed by atoms with Gasteiger partial charge < -0.3 is 10.2 Å². The van der Waals surface area contributed by atoms with Crippen LogP contribution >= 0.6 is 0 Å². The van der Waals surface area contributed by atoms with Crippen molar-refractivity contribution in [1.82, 2.24) is 10.2 Å². The molecule has 0 aromatic heterocycles. The summed E-state index contributed by atoms with van der Waals surface area (Å²) < 4.78 is 0. The highest BCUT2D eigenvalue weighted by atomic mass is 15.1. The fourth-order valence-electron chi connectivity index (χ4n) is 1.64. The fraction of sp³-hybridized carbons (Fsp3) is 1.00. The van der Waals surface area contributed by atoms with Crippen LogP contribution in [0.15, 0.2) is 0 Å². The molecule has 0 aromatic carbocycles. The molecule has 0 aliphatic rings. The largest absolute Gasteiger partial charge is 0.315 e. The normalized spacial score (nSPS) is 16.3. The lowest BCUT2D eigenvalue weighted by Gasteiger charge is -2.28. The van der Waals surface area contributed by atoms with E-state index in [1.54, 1.807) is 0 Å². The zero-order valence-electron chi connectivity index (χ0n) is 10.8. The van der Waals surface area contributed by atoms with Gasteiger partial charge in [-0.1, -0.05) is 34.1 Å². The quantitative estimate of drug-likeness (QED) is 0.678. The van der Waals surface area contributed by atoms with Gasteiger partial charge in [0.15, 0.2) is 0 Å². The van der Waals surface area contributed by atoms with Crippen LogP contribution in [-0.2, 0) is 0 Å². The average molecular weight is 200 g/mol. The molecule has 0 aromatic rings. The molecule has 0 aliphatic carbocycles. The van der Waals surface area contributed by atoms with Gasteiger partial charge in [0.05, 0.1) is 0 Å². The van der Waals surface area contributed by atoms with Crippen molar-refractivity contribution >= 4 is 0 Å². The molecule has 0 saturated heterocycles. The van der Waals surface area contributed by atoms with Crippen molar-refractivity contribution in [3.63, 3.8) is 0 Å². The second kappa shape index (κ2) is 7.24. The Bertz CT molecular complexity index is 124. The van der Waals surface area contributed by atoms with Gasteiger partial charge in [-0.3, -0.25) is 0 Å². The summed E-state index contributed by atoms with van der Waals surface area (Å²) in [4.78, 5) is 2.31. The van der Waals surface area contributed by atoms with Gasteiger partial charge >= 0.3 is 0 Å². The van der Waals surface area contributed by atoms with Gasteiger partial charge in [-0.25, -0.2) is 0 Å². The first-order chi connectivity index (χ1) is 6.49. The van der Waals surface area contributed by atoms with Crippen LogP contribution in [-0.4, -0.2) is 38.1 Å². The molecule has 0 amide bonds. The first kappa shape index (κ1) is 13.9. The molecule has 2 nitrogen and oxygen atoms in total. The van der Waals surface area contributed by atoms with Gasteiger partial charge in [-0.05, 0) is 32.5 Å². The smallest absolute Gasteiger partial charge is 0.0237 e. The first-order valence-electron chi connectivity index (χ1n) is 5.86. The SMILES string of the molecule is CCC(C)CNCC(C(C)C)N(C)C. The molecule has 0 rings (SSSR count). The van der Waals surface area contributed by atoms with Crippen LogP contribution < -0.4 is 5.32 Å². The maximum Gasteiger partial charge on any atom is 0.0237 e. The number of hydrogen-bond acceptors (Lipinski definition) is 2. The van der Waals surface area contributed by atoms with E-state index in [2.05, 4.69) is 52.0 Å². The number of rotatable bonds is 7. The molecule has 0 fully saturated rings. The minimum absolute atomic E-state index is 0.652. The summed E-state index contributed by atoms with van der Waals surface area (Å²) in [6.07, 6.45) is 1.27. The molecular formula is C12H28N2.